The predicted octanol–water partition coefficient (Wildman–Crippen LogP) is 5.06. The number of rotatable bonds is 11. The fraction of sp³-hybridized carbons (Fsp3) is 0.250. The van der Waals surface area contributed by atoms with E-state index in [1.807, 2.05) is 60.7 Å². The first-order valence-corrected chi connectivity index (χ1v) is 9.54. The molecule has 0 saturated carbocycles. The van der Waals surface area contributed by atoms with Crippen molar-refractivity contribution >= 4 is 24.1 Å². The van der Waals surface area contributed by atoms with Gasteiger partial charge in [0, 0.05) is 12.2 Å². The molecule has 0 unspecified atom stereocenters. The summed E-state index contributed by atoms with van der Waals surface area (Å²) in [6.45, 7) is 0.801. The van der Waals surface area contributed by atoms with Gasteiger partial charge in [-0.1, -0.05) is 60.7 Å². The molecule has 0 fully saturated rings. The largest absolute Gasteiger partial charge is 0.463 e. The molecule has 0 saturated heterocycles. The number of benzene rings is 2. The first-order valence-electron chi connectivity index (χ1n) is 9.54. The van der Waals surface area contributed by atoms with Gasteiger partial charge in [-0.2, -0.15) is 0 Å². The highest BCUT2D eigenvalue weighted by Gasteiger charge is 1.99. The van der Waals surface area contributed by atoms with Crippen molar-refractivity contribution in [2.24, 2.45) is 0 Å². The van der Waals surface area contributed by atoms with Gasteiger partial charge in [0.25, 0.3) is 0 Å². The van der Waals surface area contributed by atoms with Crippen LogP contribution in [0.3, 0.4) is 0 Å². The Morgan fingerprint density at radius 3 is 1.39 bits per heavy atom. The maximum absolute atomic E-state index is 11.6. The Morgan fingerprint density at radius 1 is 0.607 bits per heavy atom. The van der Waals surface area contributed by atoms with Gasteiger partial charge >= 0.3 is 11.9 Å². The molecule has 0 aliphatic heterocycles. The number of hydrogen-bond acceptors (Lipinski definition) is 4. The molecule has 146 valence electrons. The molecule has 2 aromatic rings. The van der Waals surface area contributed by atoms with E-state index in [-0.39, 0.29) is 11.9 Å². The molecule has 0 aliphatic carbocycles. The van der Waals surface area contributed by atoms with Gasteiger partial charge in [0.1, 0.15) is 0 Å². The zero-order valence-electron chi connectivity index (χ0n) is 16.0. The van der Waals surface area contributed by atoms with E-state index >= 15 is 0 Å². The van der Waals surface area contributed by atoms with E-state index in [9.17, 15) is 9.59 Å². The van der Waals surface area contributed by atoms with E-state index in [4.69, 9.17) is 9.47 Å². The average Bonchev–Trinajstić information content (AvgIpc) is 2.74. The van der Waals surface area contributed by atoms with Crippen LogP contribution in [0, 0.1) is 0 Å². The average molecular weight is 378 g/mol. The summed E-state index contributed by atoms with van der Waals surface area (Å²) in [6.07, 6.45) is 9.81. The molecule has 0 spiro atoms. The van der Waals surface area contributed by atoms with Crippen molar-refractivity contribution in [1.29, 1.82) is 0 Å². The Kier molecular flexibility index (Phi) is 9.90. The van der Waals surface area contributed by atoms with Crippen molar-refractivity contribution in [1.82, 2.24) is 0 Å². The molecular weight excluding hydrogens is 352 g/mol. The molecule has 0 atom stereocenters. The highest BCUT2D eigenvalue weighted by atomic mass is 16.5. The zero-order valence-corrected chi connectivity index (χ0v) is 16.0. The molecule has 0 aliphatic rings. The summed E-state index contributed by atoms with van der Waals surface area (Å²) in [7, 11) is 0. The Morgan fingerprint density at radius 2 is 1.00 bits per heavy atom. The fourth-order valence-electron chi connectivity index (χ4n) is 2.46. The van der Waals surface area contributed by atoms with Crippen LogP contribution >= 0.6 is 0 Å². The van der Waals surface area contributed by atoms with Gasteiger partial charge in [-0.3, -0.25) is 0 Å². The van der Waals surface area contributed by atoms with E-state index in [1.54, 1.807) is 12.2 Å². The molecule has 28 heavy (non-hydrogen) atoms. The van der Waals surface area contributed by atoms with Crippen molar-refractivity contribution in [2.45, 2.75) is 25.7 Å². The molecule has 0 radical (unpaired) electrons. The standard InChI is InChI=1S/C24H26O4/c25-23(17-15-21-11-5-3-6-12-21)27-19-9-1-2-10-20-28-24(26)18-16-22-13-7-4-8-14-22/h3-8,11-18H,1-2,9-10,19-20H2. The Hall–Kier alpha value is -3.14. The van der Waals surface area contributed by atoms with Gasteiger partial charge in [-0.25, -0.2) is 9.59 Å². The number of hydrogen-bond donors (Lipinski definition) is 0. The topological polar surface area (TPSA) is 52.6 Å². The predicted molar refractivity (Wildman–Crippen MR) is 111 cm³/mol. The second-order valence-electron chi connectivity index (χ2n) is 6.24. The van der Waals surface area contributed by atoms with Crippen LogP contribution in [0.1, 0.15) is 36.8 Å². The van der Waals surface area contributed by atoms with E-state index in [0.717, 1.165) is 36.8 Å². The van der Waals surface area contributed by atoms with Crippen LogP contribution in [0.4, 0.5) is 0 Å². The van der Waals surface area contributed by atoms with E-state index in [1.165, 1.54) is 12.2 Å². The second-order valence-corrected chi connectivity index (χ2v) is 6.24. The molecule has 0 N–H and O–H groups in total. The normalized spacial score (nSPS) is 11.0. The number of carbonyl (C=O) groups excluding carboxylic acids is 2. The molecule has 2 aromatic carbocycles. The minimum absolute atomic E-state index is 0.331. The number of esters is 2. The highest BCUT2D eigenvalue weighted by molar-refractivity contribution is 5.87. The number of unbranched alkanes of at least 4 members (excludes halogenated alkanes) is 3. The minimum Gasteiger partial charge on any atom is -0.463 e. The summed E-state index contributed by atoms with van der Waals surface area (Å²) in [5, 5.41) is 0. The first kappa shape index (κ1) is 21.2. The molecule has 0 heterocycles. The maximum Gasteiger partial charge on any atom is 0.330 e. The lowest BCUT2D eigenvalue weighted by Gasteiger charge is -2.03. The SMILES string of the molecule is O=C(C=Cc1ccccc1)OCCCCCCOC(=O)C=Cc1ccccc1. The summed E-state index contributed by atoms with van der Waals surface area (Å²) in [6, 6.07) is 19.2. The molecule has 4 nitrogen and oxygen atoms in total. The van der Waals surface area contributed by atoms with Crippen LogP contribution in [-0.4, -0.2) is 25.2 Å². The van der Waals surface area contributed by atoms with E-state index in [2.05, 4.69) is 0 Å². The Labute approximate surface area is 166 Å². The summed E-state index contributed by atoms with van der Waals surface area (Å²) in [4.78, 5) is 23.2. The van der Waals surface area contributed by atoms with Gasteiger partial charge in [0.2, 0.25) is 0 Å². The third kappa shape index (κ3) is 9.53. The van der Waals surface area contributed by atoms with Crippen molar-refractivity contribution in [3.05, 3.63) is 83.9 Å². The third-order valence-corrected chi connectivity index (χ3v) is 3.95. The molecule has 0 amide bonds. The lowest BCUT2D eigenvalue weighted by Crippen LogP contribution is -2.03. The summed E-state index contributed by atoms with van der Waals surface area (Å²) in [5.74, 6) is -0.661. The Balaban J connectivity index is 1.46. The molecule has 0 aromatic heterocycles. The number of carbonyl (C=O) groups is 2. The second kappa shape index (κ2) is 13.1. The zero-order chi connectivity index (χ0) is 19.9. The van der Waals surface area contributed by atoms with Crippen molar-refractivity contribution < 1.29 is 19.1 Å². The highest BCUT2D eigenvalue weighted by Crippen LogP contribution is 2.04. The van der Waals surface area contributed by atoms with Gasteiger partial charge in [0.15, 0.2) is 0 Å². The fourth-order valence-corrected chi connectivity index (χ4v) is 2.46. The van der Waals surface area contributed by atoms with E-state index < -0.39 is 0 Å². The summed E-state index contributed by atoms with van der Waals surface area (Å²) in [5.41, 5.74) is 1.93. The van der Waals surface area contributed by atoms with Crippen LogP contribution in [0.15, 0.2) is 72.8 Å². The van der Waals surface area contributed by atoms with Gasteiger partial charge in [-0.15, -0.1) is 0 Å². The van der Waals surface area contributed by atoms with Crippen LogP contribution in [0.5, 0.6) is 0 Å². The first-order chi connectivity index (χ1) is 13.7. The molecular formula is C24H26O4. The molecule has 0 bridgehead atoms. The van der Waals surface area contributed by atoms with Crippen molar-refractivity contribution in [3.8, 4) is 0 Å². The van der Waals surface area contributed by atoms with Gasteiger partial charge in [-0.05, 0) is 49.0 Å². The van der Waals surface area contributed by atoms with Crippen LogP contribution in [-0.2, 0) is 19.1 Å². The molecule has 2 rings (SSSR count). The monoisotopic (exact) mass is 378 g/mol. The van der Waals surface area contributed by atoms with E-state index in [0.29, 0.717) is 13.2 Å². The third-order valence-electron chi connectivity index (χ3n) is 3.95. The minimum atomic E-state index is -0.331. The van der Waals surface area contributed by atoms with Crippen LogP contribution in [0.25, 0.3) is 12.2 Å². The van der Waals surface area contributed by atoms with Gasteiger partial charge in [0.05, 0.1) is 13.2 Å². The van der Waals surface area contributed by atoms with Gasteiger partial charge < -0.3 is 9.47 Å². The van der Waals surface area contributed by atoms with Crippen LogP contribution in [0.2, 0.25) is 0 Å². The maximum atomic E-state index is 11.6. The lowest BCUT2D eigenvalue weighted by molar-refractivity contribution is -0.139. The van der Waals surface area contributed by atoms with Crippen molar-refractivity contribution in [2.75, 3.05) is 13.2 Å². The quantitative estimate of drug-likeness (QED) is 0.312. The smallest absolute Gasteiger partial charge is 0.330 e. The Bertz CT molecular complexity index is 696. The molecule has 4 heteroatoms. The van der Waals surface area contributed by atoms with Crippen molar-refractivity contribution in [3.63, 3.8) is 0 Å². The van der Waals surface area contributed by atoms with Crippen LogP contribution < -0.4 is 0 Å². The summed E-state index contributed by atoms with van der Waals surface area (Å²) >= 11 is 0. The number of ether oxygens (including phenoxy) is 2. The lowest BCUT2D eigenvalue weighted by atomic mass is 10.2. The summed E-state index contributed by atoms with van der Waals surface area (Å²) < 4.78 is 10.3.